The van der Waals surface area contributed by atoms with Crippen LogP contribution in [0.4, 0.5) is 10.1 Å². The van der Waals surface area contributed by atoms with Gasteiger partial charge in [-0.3, -0.25) is 0 Å². The predicted molar refractivity (Wildman–Crippen MR) is 68.6 cm³/mol. The highest BCUT2D eigenvalue weighted by molar-refractivity contribution is 5.85. The number of hydrogen-bond acceptors (Lipinski definition) is 1. The largest absolute Gasteiger partial charge is 0.388 e. The molecule has 84 valence electrons. The van der Waals surface area contributed by atoms with E-state index in [2.05, 4.69) is 5.32 Å². The Labute approximate surface area is 101 Å². The summed E-state index contributed by atoms with van der Waals surface area (Å²) in [4.78, 5) is 0. The third-order valence-electron chi connectivity index (χ3n) is 2.33. The lowest BCUT2D eigenvalue weighted by Gasteiger charge is -2.04. The Bertz CT molecular complexity index is 454. The van der Waals surface area contributed by atoms with Crippen LogP contribution in [0.1, 0.15) is 0 Å². The molecule has 0 radical (unpaired) electrons. The molecule has 1 nitrogen and oxygen atoms in total. The van der Waals surface area contributed by atoms with E-state index >= 15 is 0 Å². The molecule has 0 aliphatic rings. The quantitative estimate of drug-likeness (QED) is 0.834. The van der Waals surface area contributed by atoms with E-state index in [1.54, 1.807) is 12.1 Å². The summed E-state index contributed by atoms with van der Waals surface area (Å²) >= 11 is 0. The average Bonchev–Trinajstić information content (AvgIpc) is 2.30. The van der Waals surface area contributed by atoms with Crippen molar-refractivity contribution in [2.45, 2.75) is 0 Å². The van der Waals surface area contributed by atoms with Crippen molar-refractivity contribution in [2.24, 2.45) is 0 Å². The molecule has 2 aromatic rings. The molecule has 0 aromatic heterocycles. The maximum atomic E-state index is 12.7. The van der Waals surface area contributed by atoms with Crippen molar-refractivity contribution < 1.29 is 4.39 Å². The number of nitrogens with one attached hydrogen (secondary N) is 1. The summed E-state index contributed by atoms with van der Waals surface area (Å²) in [5.41, 5.74) is 3.16. The molecule has 0 unspecified atom stereocenters. The van der Waals surface area contributed by atoms with Crippen molar-refractivity contribution in [3.05, 3.63) is 54.3 Å². The molecule has 2 rings (SSSR count). The summed E-state index contributed by atoms with van der Waals surface area (Å²) in [6, 6.07) is 14.5. The zero-order chi connectivity index (χ0) is 10.7. The normalized spacial score (nSPS) is 9.38. The van der Waals surface area contributed by atoms with Crippen molar-refractivity contribution in [3.63, 3.8) is 0 Å². The van der Waals surface area contributed by atoms with E-state index in [-0.39, 0.29) is 18.2 Å². The Morgan fingerprint density at radius 1 is 0.938 bits per heavy atom. The Morgan fingerprint density at radius 3 is 2.25 bits per heavy atom. The molecule has 0 fully saturated rings. The van der Waals surface area contributed by atoms with Gasteiger partial charge in [0.05, 0.1) is 0 Å². The van der Waals surface area contributed by atoms with Crippen molar-refractivity contribution in [1.82, 2.24) is 0 Å². The van der Waals surface area contributed by atoms with Gasteiger partial charge in [-0.15, -0.1) is 12.4 Å². The molecular weight excluding hydrogens is 225 g/mol. The Kier molecular flexibility index (Phi) is 4.32. The monoisotopic (exact) mass is 237 g/mol. The van der Waals surface area contributed by atoms with Gasteiger partial charge in [0.2, 0.25) is 0 Å². The first-order valence-electron chi connectivity index (χ1n) is 4.83. The lowest BCUT2D eigenvalue weighted by atomic mass is 10.1. The van der Waals surface area contributed by atoms with Crippen LogP contribution in [-0.2, 0) is 0 Å². The van der Waals surface area contributed by atoms with Crippen LogP contribution in [0.2, 0.25) is 0 Å². The minimum Gasteiger partial charge on any atom is -0.388 e. The van der Waals surface area contributed by atoms with E-state index < -0.39 is 0 Å². The second-order valence-electron chi connectivity index (χ2n) is 3.34. The molecule has 2 aromatic carbocycles. The second-order valence-corrected chi connectivity index (χ2v) is 3.34. The lowest BCUT2D eigenvalue weighted by molar-refractivity contribution is 0.628. The summed E-state index contributed by atoms with van der Waals surface area (Å²) in [6.45, 7) is 0. The van der Waals surface area contributed by atoms with Gasteiger partial charge in [0.25, 0.3) is 0 Å². The number of anilines is 1. The fourth-order valence-electron chi connectivity index (χ4n) is 1.50. The highest BCUT2D eigenvalue weighted by Gasteiger charge is 1.98. The van der Waals surface area contributed by atoms with Crippen molar-refractivity contribution in [2.75, 3.05) is 12.4 Å². The first-order chi connectivity index (χ1) is 7.29. The van der Waals surface area contributed by atoms with Gasteiger partial charge in [0.1, 0.15) is 5.82 Å². The maximum absolute atomic E-state index is 12.7. The highest BCUT2D eigenvalue weighted by Crippen LogP contribution is 2.22. The van der Waals surface area contributed by atoms with Gasteiger partial charge >= 0.3 is 0 Å². The average molecular weight is 238 g/mol. The molecule has 0 spiro atoms. The first kappa shape index (κ1) is 12.5. The molecule has 1 N–H and O–H groups in total. The molecule has 3 heteroatoms. The van der Waals surface area contributed by atoms with Crippen LogP contribution in [0.15, 0.2) is 48.5 Å². The molecule has 0 aliphatic carbocycles. The van der Waals surface area contributed by atoms with Crippen LogP contribution in [0.25, 0.3) is 11.1 Å². The molecule has 0 aliphatic heterocycles. The van der Waals surface area contributed by atoms with Crippen LogP contribution >= 0.6 is 12.4 Å². The molecule has 0 saturated heterocycles. The van der Waals surface area contributed by atoms with Gasteiger partial charge in [0.15, 0.2) is 0 Å². The summed E-state index contributed by atoms with van der Waals surface area (Å²) in [6.07, 6.45) is 0. The number of halogens is 2. The Hall–Kier alpha value is -1.54. The number of hydrogen-bond donors (Lipinski definition) is 1. The van der Waals surface area contributed by atoms with Gasteiger partial charge in [-0.05, 0) is 35.4 Å². The van der Waals surface area contributed by atoms with Crippen LogP contribution in [0, 0.1) is 5.82 Å². The minimum absolute atomic E-state index is 0. The minimum atomic E-state index is -0.205. The summed E-state index contributed by atoms with van der Waals surface area (Å²) in [7, 11) is 1.88. The standard InChI is InChI=1S/C13H12FN.ClH/c1-15-13-4-2-3-11(9-13)10-5-7-12(14)8-6-10;/h2-9,15H,1H3;1H. The van der Waals surface area contributed by atoms with Crippen LogP contribution in [0.5, 0.6) is 0 Å². The molecule has 0 bridgehead atoms. The lowest BCUT2D eigenvalue weighted by Crippen LogP contribution is -1.87. The predicted octanol–water partition coefficient (Wildman–Crippen LogP) is 3.96. The van der Waals surface area contributed by atoms with E-state index in [4.69, 9.17) is 0 Å². The number of rotatable bonds is 2. The van der Waals surface area contributed by atoms with Gasteiger partial charge in [-0.25, -0.2) is 4.39 Å². The third kappa shape index (κ3) is 2.74. The van der Waals surface area contributed by atoms with Gasteiger partial charge in [-0.2, -0.15) is 0 Å². The first-order valence-corrected chi connectivity index (χ1v) is 4.83. The number of benzene rings is 2. The van der Waals surface area contributed by atoms with Crippen LogP contribution in [-0.4, -0.2) is 7.05 Å². The molecule has 0 atom stereocenters. The van der Waals surface area contributed by atoms with Crippen molar-refractivity contribution >= 4 is 18.1 Å². The zero-order valence-electron chi connectivity index (χ0n) is 8.91. The SMILES string of the molecule is CNc1cccc(-c2ccc(F)cc2)c1.Cl. The van der Waals surface area contributed by atoms with Gasteiger partial charge in [0, 0.05) is 12.7 Å². The summed E-state index contributed by atoms with van der Waals surface area (Å²) < 4.78 is 12.7. The maximum Gasteiger partial charge on any atom is 0.123 e. The molecular formula is C13H13ClFN. The van der Waals surface area contributed by atoms with E-state index in [0.717, 1.165) is 16.8 Å². The molecule has 0 saturated carbocycles. The highest BCUT2D eigenvalue weighted by atomic mass is 35.5. The fraction of sp³-hybridized carbons (Fsp3) is 0.0769. The Morgan fingerprint density at radius 2 is 1.62 bits per heavy atom. The Balaban J connectivity index is 0.00000128. The molecule has 16 heavy (non-hydrogen) atoms. The topological polar surface area (TPSA) is 12.0 Å². The second kappa shape index (κ2) is 5.52. The molecule has 0 amide bonds. The molecule has 0 heterocycles. The van der Waals surface area contributed by atoms with E-state index in [1.807, 2.05) is 31.3 Å². The van der Waals surface area contributed by atoms with E-state index in [9.17, 15) is 4.39 Å². The van der Waals surface area contributed by atoms with Crippen molar-refractivity contribution in [1.29, 1.82) is 0 Å². The van der Waals surface area contributed by atoms with E-state index in [1.165, 1.54) is 12.1 Å². The van der Waals surface area contributed by atoms with Crippen LogP contribution in [0.3, 0.4) is 0 Å². The van der Waals surface area contributed by atoms with Crippen molar-refractivity contribution in [3.8, 4) is 11.1 Å². The summed E-state index contributed by atoms with van der Waals surface area (Å²) in [5.74, 6) is -0.205. The van der Waals surface area contributed by atoms with Crippen LogP contribution < -0.4 is 5.32 Å². The smallest absolute Gasteiger partial charge is 0.123 e. The van der Waals surface area contributed by atoms with E-state index in [0.29, 0.717) is 0 Å². The van der Waals surface area contributed by atoms with Gasteiger partial charge in [-0.1, -0.05) is 24.3 Å². The fourth-order valence-corrected chi connectivity index (χ4v) is 1.50. The zero-order valence-corrected chi connectivity index (χ0v) is 9.72. The van der Waals surface area contributed by atoms with Gasteiger partial charge < -0.3 is 5.32 Å². The third-order valence-corrected chi connectivity index (χ3v) is 2.33. The summed E-state index contributed by atoms with van der Waals surface area (Å²) in [5, 5.41) is 3.07.